The van der Waals surface area contributed by atoms with Crippen LogP contribution in [-0.4, -0.2) is 19.5 Å². The number of nitro benzene ring substituents is 1. The number of hydrogen-bond donors (Lipinski definition) is 1. The van der Waals surface area contributed by atoms with E-state index in [1.807, 2.05) is 5.38 Å². The highest BCUT2D eigenvalue weighted by molar-refractivity contribution is 7.15. The van der Waals surface area contributed by atoms with E-state index in [0.29, 0.717) is 10.5 Å². The van der Waals surface area contributed by atoms with Crippen LogP contribution in [0.4, 0.5) is 11.6 Å². The maximum Gasteiger partial charge on any atom is 0.270 e. The zero-order chi connectivity index (χ0) is 12.7. The largest absolute Gasteiger partial charge is 0.366 e. The SMILES string of the molecule is Nc1nc2scc(-c3cccc([N+](=O)[O-])c3)n2n1. The lowest BCUT2D eigenvalue weighted by atomic mass is 10.1. The molecule has 90 valence electrons. The Kier molecular flexibility index (Phi) is 2.23. The van der Waals surface area contributed by atoms with Gasteiger partial charge in [0.25, 0.3) is 5.69 Å². The first-order valence-corrected chi connectivity index (χ1v) is 5.87. The number of rotatable bonds is 2. The number of hydrogen-bond acceptors (Lipinski definition) is 6. The molecule has 0 bridgehead atoms. The molecule has 2 heterocycles. The molecule has 0 saturated carbocycles. The van der Waals surface area contributed by atoms with Gasteiger partial charge in [0.2, 0.25) is 10.9 Å². The second-order valence-corrected chi connectivity index (χ2v) is 4.43. The summed E-state index contributed by atoms with van der Waals surface area (Å²) < 4.78 is 1.58. The van der Waals surface area contributed by atoms with Crippen LogP contribution >= 0.6 is 11.3 Å². The quantitative estimate of drug-likeness (QED) is 0.561. The van der Waals surface area contributed by atoms with Crippen LogP contribution in [0.25, 0.3) is 16.2 Å². The van der Waals surface area contributed by atoms with Gasteiger partial charge in [0.15, 0.2) is 0 Å². The molecule has 7 nitrogen and oxygen atoms in total. The Morgan fingerprint density at radius 3 is 3.06 bits per heavy atom. The maximum absolute atomic E-state index is 10.7. The molecular formula is C10H7N5O2S. The van der Waals surface area contributed by atoms with Crippen LogP contribution in [0.1, 0.15) is 0 Å². The first kappa shape index (κ1) is 10.7. The number of fused-ring (bicyclic) bond motifs is 1. The molecule has 0 aliphatic carbocycles. The predicted molar refractivity (Wildman–Crippen MR) is 67.4 cm³/mol. The molecule has 0 aliphatic rings. The molecule has 0 saturated heterocycles. The average Bonchev–Trinajstić information content (AvgIpc) is 2.87. The van der Waals surface area contributed by atoms with Gasteiger partial charge < -0.3 is 5.73 Å². The number of nitro groups is 1. The van der Waals surface area contributed by atoms with Gasteiger partial charge in [0, 0.05) is 23.1 Å². The summed E-state index contributed by atoms with van der Waals surface area (Å²) in [6.45, 7) is 0. The van der Waals surface area contributed by atoms with Crippen molar-refractivity contribution in [3.05, 3.63) is 39.8 Å². The summed E-state index contributed by atoms with van der Waals surface area (Å²) in [5, 5.41) is 16.6. The van der Waals surface area contributed by atoms with E-state index in [1.54, 1.807) is 16.6 Å². The summed E-state index contributed by atoms with van der Waals surface area (Å²) in [7, 11) is 0. The van der Waals surface area contributed by atoms with Crippen molar-refractivity contribution in [3.8, 4) is 11.3 Å². The predicted octanol–water partition coefficient (Wildman–Crippen LogP) is 1.95. The monoisotopic (exact) mass is 261 g/mol. The Labute approximate surface area is 105 Å². The van der Waals surface area contributed by atoms with Crippen molar-refractivity contribution in [2.24, 2.45) is 0 Å². The summed E-state index contributed by atoms with van der Waals surface area (Å²) >= 11 is 1.38. The van der Waals surface area contributed by atoms with Crippen LogP contribution in [0.3, 0.4) is 0 Å². The summed E-state index contributed by atoms with van der Waals surface area (Å²) in [6.07, 6.45) is 0. The molecule has 1 aromatic carbocycles. The van der Waals surface area contributed by atoms with Gasteiger partial charge >= 0.3 is 0 Å². The highest BCUT2D eigenvalue weighted by atomic mass is 32.1. The van der Waals surface area contributed by atoms with Gasteiger partial charge in [-0.3, -0.25) is 10.1 Å². The summed E-state index contributed by atoms with van der Waals surface area (Å²) in [5.74, 6) is 0.188. The van der Waals surface area contributed by atoms with Crippen LogP contribution < -0.4 is 5.73 Å². The molecule has 3 aromatic rings. The standard InChI is InChI=1S/C10H7N5O2S/c11-9-12-10-14(13-9)8(5-18-10)6-2-1-3-7(4-6)15(16)17/h1-5H,(H2,11,13). The average molecular weight is 261 g/mol. The number of aromatic nitrogens is 3. The van der Waals surface area contributed by atoms with Crippen LogP contribution in [0.2, 0.25) is 0 Å². The van der Waals surface area contributed by atoms with Crippen LogP contribution in [-0.2, 0) is 0 Å². The fourth-order valence-corrected chi connectivity index (χ4v) is 2.51. The molecule has 0 fully saturated rings. The van der Waals surface area contributed by atoms with Gasteiger partial charge in [-0.2, -0.15) is 4.98 Å². The third kappa shape index (κ3) is 1.59. The van der Waals surface area contributed by atoms with Gasteiger partial charge in [0.1, 0.15) is 0 Å². The van der Waals surface area contributed by atoms with Gasteiger partial charge in [-0.05, 0) is 0 Å². The van der Waals surface area contributed by atoms with Gasteiger partial charge in [-0.25, -0.2) is 4.52 Å². The number of benzene rings is 1. The third-order valence-electron chi connectivity index (χ3n) is 2.45. The zero-order valence-electron chi connectivity index (χ0n) is 8.98. The van der Waals surface area contributed by atoms with E-state index in [9.17, 15) is 10.1 Å². The van der Waals surface area contributed by atoms with E-state index in [1.165, 1.54) is 23.5 Å². The molecule has 0 aliphatic heterocycles. The van der Waals surface area contributed by atoms with Crippen molar-refractivity contribution < 1.29 is 4.92 Å². The maximum atomic E-state index is 10.7. The van der Waals surface area contributed by atoms with Crippen molar-refractivity contribution in [3.63, 3.8) is 0 Å². The molecule has 0 spiro atoms. The summed E-state index contributed by atoms with van der Waals surface area (Å²) in [4.78, 5) is 15.0. The molecule has 0 atom stereocenters. The number of nitrogen functional groups attached to an aromatic ring is 1. The van der Waals surface area contributed by atoms with Crippen molar-refractivity contribution in [1.29, 1.82) is 0 Å². The highest BCUT2D eigenvalue weighted by Crippen LogP contribution is 2.27. The van der Waals surface area contributed by atoms with Gasteiger partial charge in [-0.1, -0.05) is 12.1 Å². The minimum atomic E-state index is -0.428. The van der Waals surface area contributed by atoms with Crippen molar-refractivity contribution in [2.45, 2.75) is 0 Å². The molecule has 18 heavy (non-hydrogen) atoms. The smallest absolute Gasteiger partial charge is 0.270 e. The zero-order valence-corrected chi connectivity index (χ0v) is 9.79. The first-order valence-electron chi connectivity index (χ1n) is 5.00. The minimum absolute atomic E-state index is 0.0416. The fourth-order valence-electron chi connectivity index (χ4n) is 1.67. The highest BCUT2D eigenvalue weighted by Gasteiger charge is 2.13. The molecule has 0 amide bonds. The Morgan fingerprint density at radius 1 is 1.44 bits per heavy atom. The van der Waals surface area contributed by atoms with Crippen LogP contribution in [0.5, 0.6) is 0 Å². The minimum Gasteiger partial charge on any atom is -0.366 e. The van der Waals surface area contributed by atoms with Crippen LogP contribution in [0, 0.1) is 10.1 Å². The fraction of sp³-hybridized carbons (Fsp3) is 0. The molecular weight excluding hydrogens is 254 g/mol. The van der Waals surface area contributed by atoms with E-state index < -0.39 is 4.92 Å². The molecule has 0 unspecified atom stereocenters. The van der Waals surface area contributed by atoms with E-state index >= 15 is 0 Å². The molecule has 0 radical (unpaired) electrons. The Balaban J connectivity index is 2.19. The van der Waals surface area contributed by atoms with Crippen molar-refractivity contribution in [1.82, 2.24) is 14.6 Å². The van der Waals surface area contributed by atoms with Gasteiger partial charge in [0.05, 0.1) is 10.6 Å². The van der Waals surface area contributed by atoms with Crippen molar-refractivity contribution in [2.75, 3.05) is 5.73 Å². The van der Waals surface area contributed by atoms with Crippen molar-refractivity contribution >= 4 is 27.9 Å². The number of nitrogens with zero attached hydrogens (tertiary/aromatic N) is 4. The molecule has 3 rings (SSSR count). The summed E-state index contributed by atoms with van der Waals surface area (Å²) in [5.41, 5.74) is 7.00. The lowest BCUT2D eigenvalue weighted by Gasteiger charge is -1.98. The Morgan fingerprint density at radius 2 is 2.28 bits per heavy atom. The number of non-ortho nitro benzene ring substituents is 1. The number of anilines is 1. The number of thiazole rings is 1. The second kappa shape index (κ2) is 3.77. The Hall–Kier alpha value is -2.48. The topological polar surface area (TPSA) is 99.3 Å². The Bertz CT molecular complexity index is 748. The van der Waals surface area contributed by atoms with E-state index in [4.69, 9.17) is 5.73 Å². The van der Waals surface area contributed by atoms with E-state index in [2.05, 4.69) is 10.1 Å². The third-order valence-corrected chi connectivity index (χ3v) is 3.27. The lowest BCUT2D eigenvalue weighted by molar-refractivity contribution is -0.384. The van der Waals surface area contributed by atoms with E-state index in [-0.39, 0.29) is 11.6 Å². The summed E-state index contributed by atoms with van der Waals surface area (Å²) in [6, 6.07) is 6.37. The molecule has 2 aromatic heterocycles. The first-order chi connectivity index (χ1) is 8.65. The molecule has 2 N–H and O–H groups in total. The molecule has 8 heteroatoms. The lowest BCUT2D eigenvalue weighted by Crippen LogP contribution is -1.92. The van der Waals surface area contributed by atoms with Crippen LogP contribution in [0.15, 0.2) is 29.6 Å². The second-order valence-electron chi connectivity index (χ2n) is 3.59. The van der Waals surface area contributed by atoms with Gasteiger partial charge in [-0.15, -0.1) is 16.4 Å². The normalized spacial score (nSPS) is 10.9. The number of nitrogens with two attached hydrogens (primary N) is 1. The van der Waals surface area contributed by atoms with E-state index in [0.717, 1.165) is 5.69 Å².